The lowest BCUT2D eigenvalue weighted by atomic mass is 10.1. The van der Waals surface area contributed by atoms with E-state index in [2.05, 4.69) is 5.32 Å². The molecule has 0 radical (unpaired) electrons. The minimum Gasteiger partial charge on any atom is -0.504 e. The zero-order valence-electron chi connectivity index (χ0n) is 9.52. The van der Waals surface area contributed by atoms with Crippen molar-refractivity contribution in [3.8, 4) is 11.5 Å². The van der Waals surface area contributed by atoms with Crippen molar-refractivity contribution in [2.24, 2.45) is 0 Å². The van der Waals surface area contributed by atoms with Crippen LogP contribution < -0.4 is 5.32 Å². The Hall–Kier alpha value is -1.91. The molecule has 0 aliphatic heterocycles. The van der Waals surface area contributed by atoms with Crippen LogP contribution in [0.4, 0.5) is 5.69 Å². The van der Waals surface area contributed by atoms with Crippen LogP contribution in [0.5, 0.6) is 11.5 Å². The molecule has 2 aromatic rings. The molecular weight excluding hydrogens is 289 g/mol. The first-order valence-corrected chi connectivity index (χ1v) is 6.01. The van der Waals surface area contributed by atoms with E-state index in [1.807, 2.05) is 0 Å². The average molecular weight is 298 g/mol. The van der Waals surface area contributed by atoms with Crippen molar-refractivity contribution >= 4 is 34.8 Å². The van der Waals surface area contributed by atoms with E-state index in [9.17, 15) is 15.0 Å². The first-order valence-electron chi connectivity index (χ1n) is 5.26. The summed E-state index contributed by atoms with van der Waals surface area (Å²) in [4.78, 5) is 11.9. The number of nitrogens with one attached hydrogen (secondary N) is 1. The number of halogens is 2. The SMILES string of the molecule is O=C(Nc1cc(Cl)cc(Cl)c1)c1cccc(O)c1O. The summed E-state index contributed by atoms with van der Waals surface area (Å²) in [5.74, 6) is -1.42. The standard InChI is InChI=1S/C13H9Cl2NO3/c14-7-4-8(15)6-9(5-7)16-13(19)10-2-1-3-11(17)12(10)18/h1-6,17-18H,(H,16,19). The van der Waals surface area contributed by atoms with Crippen LogP contribution in [-0.2, 0) is 0 Å². The molecule has 0 aliphatic carbocycles. The number of benzene rings is 2. The summed E-state index contributed by atoms with van der Waals surface area (Å²) >= 11 is 11.6. The molecule has 0 bridgehead atoms. The van der Waals surface area contributed by atoms with Crippen LogP contribution in [0.15, 0.2) is 36.4 Å². The number of amides is 1. The van der Waals surface area contributed by atoms with Gasteiger partial charge in [-0.2, -0.15) is 0 Å². The highest BCUT2D eigenvalue weighted by Gasteiger charge is 2.14. The molecule has 2 rings (SSSR count). The van der Waals surface area contributed by atoms with Gasteiger partial charge in [0.2, 0.25) is 0 Å². The van der Waals surface area contributed by atoms with E-state index >= 15 is 0 Å². The molecule has 0 heterocycles. The van der Waals surface area contributed by atoms with Gasteiger partial charge in [-0.25, -0.2) is 0 Å². The van der Waals surface area contributed by atoms with Crippen molar-refractivity contribution in [2.45, 2.75) is 0 Å². The molecular formula is C13H9Cl2NO3. The number of hydrogen-bond acceptors (Lipinski definition) is 3. The van der Waals surface area contributed by atoms with Crippen molar-refractivity contribution in [1.82, 2.24) is 0 Å². The second kappa shape index (κ2) is 5.38. The number of anilines is 1. The number of hydrogen-bond donors (Lipinski definition) is 3. The van der Waals surface area contributed by atoms with Gasteiger partial charge in [-0.05, 0) is 30.3 Å². The van der Waals surface area contributed by atoms with Crippen LogP contribution in [0.3, 0.4) is 0 Å². The molecule has 0 fully saturated rings. The van der Waals surface area contributed by atoms with Crippen LogP contribution in [0, 0.1) is 0 Å². The maximum Gasteiger partial charge on any atom is 0.259 e. The van der Waals surface area contributed by atoms with Gasteiger partial charge in [-0.3, -0.25) is 4.79 Å². The number of para-hydroxylation sites is 1. The summed E-state index contributed by atoms with van der Waals surface area (Å²) in [5, 5.41) is 22.2. The maximum atomic E-state index is 11.9. The van der Waals surface area contributed by atoms with Crippen molar-refractivity contribution < 1.29 is 15.0 Å². The molecule has 0 saturated heterocycles. The zero-order chi connectivity index (χ0) is 14.0. The van der Waals surface area contributed by atoms with E-state index in [0.29, 0.717) is 15.7 Å². The summed E-state index contributed by atoms with van der Waals surface area (Å²) in [7, 11) is 0. The van der Waals surface area contributed by atoms with Gasteiger partial charge in [0.25, 0.3) is 5.91 Å². The van der Waals surface area contributed by atoms with E-state index in [0.717, 1.165) is 0 Å². The zero-order valence-corrected chi connectivity index (χ0v) is 11.0. The first kappa shape index (κ1) is 13.5. The van der Waals surface area contributed by atoms with Gasteiger partial charge in [-0.1, -0.05) is 29.3 Å². The maximum absolute atomic E-state index is 11.9. The number of phenolic OH excluding ortho intramolecular Hbond substituents is 2. The Balaban J connectivity index is 2.28. The van der Waals surface area contributed by atoms with E-state index in [1.54, 1.807) is 0 Å². The summed E-state index contributed by atoms with van der Waals surface area (Å²) in [6, 6.07) is 8.69. The predicted molar refractivity (Wildman–Crippen MR) is 74.2 cm³/mol. The highest BCUT2D eigenvalue weighted by atomic mass is 35.5. The average Bonchev–Trinajstić information content (AvgIpc) is 2.31. The third-order valence-electron chi connectivity index (χ3n) is 2.38. The molecule has 3 N–H and O–H groups in total. The Morgan fingerprint density at radius 2 is 1.68 bits per heavy atom. The fraction of sp³-hybridized carbons (Fsp3) is 0. The second-order valence-corrected chi connectivity index (χ2v) is 4.66. The molecule has 2 aromatic carbocycles. The molecule has 4 nitrogen and oxygen atoms in total. The lowest BCUT2D eigenvalue weighted by Gasteiger charge is -2.08. The third kappa shape index (κ3) is 3.10. The third-order valence-corrected chi connectivity index (χ3v) is 2.82. The largest absolute Gasteiger partial charge is 0.504 e. The highest BCUT2D eigenvalue weighted by molar-refractivity contribution is 6.35. The Morgan fingerprint density at radius 1 is 1.05 bits per heavy atom. The molecule has 1 amide bonds. The van der Waals surface area contributed by atoms with Crippen LogP contribution in [0.25, 0.3) is 0 Å². The molecule has 0 aliphatic rings. The number of phenols is 2. The summed E-state index contributed by atoms with van der Waals surface area (Å²) in [6.45, 7) is 0. The Bertz CT molecular complexity index is 624. The highest BCUT2D eigenvalue weighted by Crippen LogP contribution is 2.29. The molecule has 0 aromatic heterocycles. The van der Waals surface area contributed by atoms with Crippen LogP contribution in [0.2, 0.25) is 10.0 Å². The number of carbonyl (C=O) groups excluding carboxylic acids is 1. The van der Waals surface area contributed by atoms with E-state index in [-0.39, 0.29) is 11.3 Å². The van der Waals surface area contributed by atoms with Crippen molar-refractivity contribution in [1.29, 1.82) is 0 Å². The molecule has 0 spiro atoms. The number of aromatic hydroxyl groups is 2. The fourth-order valence-electron chi connectivity index (χ4n) is 1.54. The molecule has 0 unspecified atom stereocenters. The second-order valence-electron chi connectivity index (χ2n) is 3.79. The van der Waals surface area contributed by atoms with Gasteiger partial charge in [0.05, 0.1) is 5.56 Å². The summed E-state index contributed by atoms with van der Waals surface area (Å²) in [6.07, 6.45) is 0. The van der Waals surface area contributed by atoms with Gasteiger partial charge in [0.1, 0.15) is 0 Å². The lowest BCUT2D eigenvalue weighted by molar-refractivity contribution is 0.102. The van der Waals surface area contributed by atoms with Crippen molar-refractivity contribution in [3.63, 3.8) is 0 Å². The normalized spacial score (nSPS) is 10.2. The molecule has 19 heavy (non-hydrogen) atoms. The number of carbonyl (C=O) groups is 1. The summed E-state index contributed by atoms with van der Waals surface area (Å²) in [5.41, 5.74) is 0.348. The van der Waals surface area contributed by atoms with E-state index < -0.39 is 11.7 Å². The van der Waals surface area contributed by atoms with Gasteiger partial charge in [0, 0.05) is 15.7 Å². The van der Waals surface area contributed by atoms with Crippen LogP contribution >= 0.6 is 23.2 Å². The molecule has 98 valence electrons. The minimum atomic E-state index is -0.577. The van der Waals surface area contributed by atoms with Crippen LogP contribution in [0.1, 0.15) is 10.4 Å². The van der Waals surface area contributed by atoms with Crippen molar-refractivity contribution in [2.75, 3.05) is 5.32 Å². The van der Waals surface area contributed by atoms with E-state index in [1.165, 1.54) is 36.4 Å². The quantitative estimate of drug-likeness (QED) is 0.741. The summed E-state index contributed by atoms with van der Waals surface area (Å²) < 4.78 is 0. The van der Waals surface area contributed by atoms with Crippen LogP contribution in [-0.4, -0.2) is 16.1 Å². The lowest BCUT2D eigenvalue weighted by Crippen LogP contribution is -2.12. The first-order chi connectivity index (χ1) is 8.97. The Kier molecular flexibility index (Phi) is 3.83. The minimum absolute atomic E-state index is 0.0453. The van der Waals surface area contributed by atoms with Gasteiger partial charge < -0.3 is 15.5 Å². The smallest absolute Gasteiger partial charge is 0.259 e. The van der Waals surface area contributed by atoms with Crippen molar-refractivity contribution in [3.05, 3.63) is 52.0 Å². The van der Waals surface area contributed by atoms with Gasteiger partial charge in [0.15, 0.2) is 11.5 Å². The topological polar surface area (TPSA) is 69.6 Å². The predicted octanol–water partition coefficient (Wildman–Crippen LogP) is 3.66. The molecule has 0 atom stereocenters. The van der Waals surface area contributed by atoms with E-state index in [4.69, 9.17) is 23.2 Å². The Morgan fingerprint density at radius 3 is 2.32 bits per heavy atom. The number of rotatable bonds is 2. The van der Waals surface area contributed by atoms with Gasteiger partial charge in [-0.15, -0.1) is 0 Å². The monoisotopic (exact) mass is 297 g/mol. The Labute approximate surface area is 119 Å². The van der Waals surface area contributed by atoms with Gasteiger partial charge >= 0.3 is 0 Å². The molecule has 6 heteroatoms. The molecule has 0 saturated carbocycles. The fourth-order valence-corrected chi connectivity index (χ4v) is 2.07.